The molecule has 3 nitrogen and oxygen atoms in total. The Bertz CT molecular complexity index is 260. The molecule has 14 heavy (non-hydrogen) atoms. The first-order valence-electron chi connectivity index (χ1n) is 5.10. The van der Waals surface area contributed by atoms with Crippen molar-refractivity contribution < 1.29 is 0 Å². The third-order valence-corrected chi connectivity index (χ3v) is 2.95. The number of hydrogen-bond acceptors (Lipinski definition) is 4. The normalized spacial score (nSPS) is 13.1. The Labute approximate surface area is 89.7 Å². The van der Waals surface area contributed by atoms with E-state index in [1.165, 1.54) is 4.88 Å². The summed E-state index contributed by atoms with van der Waals surface area (Å²) in [6.07, 6.45) is 4.18. The Hall–Kier alpha value is -0.450. The topological polar surface area (TPSA) is 50.9 Å². The molecule has 1 aromatic heterocycles. The lowest BCUT2D eigenvalue weighted by molar-refractivity contribution is 0.540. The van der Waals surface area contributed by atoms with E-state index in [0.29, 0.717) is 0 Å². The van der Waals surface area contributed by atoms with Crippen molar-refractivity contribution in [3.8, 4) is 0 Å². The van der Waals surface area contributed by atoms with Crippen LogP contribution >= 0.6 is 11.3 Å². The standard InChI is InChI=1S/C10H19N3S/c1-3-4-9(11)5-12-6-10-7-13-8(2)14-10/h7,9,12H,3-6,11H2,1-2H3. The van der Waals surface area contributed by atoms with Crippen LogP contribution in [0.4, 0.5) is 0 Å². The summed E-state index contributed by atoms with van der Waals surface area (Å²) < 4.78 is 0. The lowest BCUT2D eigenvalue weighted by Gasteiger charge is -2.10. The first kappa shape index (κ1) is 11.6. The monoisotopic (exact) mass is 213 g/mol. The maximum atomic E-state index is 5.88. The average Bonchev–Trinajstić information content (AvgIpc) is 2.52. The molecule has 0 amide bonds. The highest BCUT2D eigenvalue weighted by Crippen LogP contribution is 2.10. The van der Waals surface area contributed by atoms with Gasteiger partial charge in [-0.05, 0) is 13.3 Å². The van der Waals surface area contributed by atoms with E-state index in [1.54, 1.807) is 11.3 Å². The molecule has 1 rings (SSSR count). The quantitative estimate of drug-likeness (QED) is 0.756. The van der Waals surface area contributed by atoms with E-state index in [2.05, 4.69) is 17.2 Å². The maximum absolute atomic E-state index is 5.88. The summed E-state index contributed by atoms with van der Waals surface area (Å²) in [5.41, 5.74) is 5.88. The van der Waals surface area contributed by atoms with Crippen LogP contribution in [-0.4, -0.2) is 17.6 Å². The molecule has 1 aromatic rings. The van der Waals surface area contributed by atoms with Crippen LogP contribution < -0.4 is 11.1 Å². The second kappa shape index (κ2) is 6.11. The maximum Gasteiger partial charge on any atom is 0.0897 e. The number of nitrogens with two attached hydrogens (primary N) is 1. The van der Waals surface area contributed by atoms with E-state index in [9.17, 15) is 0 Å². The molecule has 0 spiro atoms. The predicted octanol–water partition coefficient (Wildman–Crippen LogP) is 1.67. The minimum atomic E-state index is 0.286. The molecule has 4 heteroatoms. The van der Waals surface area contributed by atoms with Crippen molar-refractivity contribution in [2.45, 2.75) is 39.3 Å². The zero-order chi connectivity index (χ0) is 10.4. The van der Waals surface area contributed by atoms with E-state index in [1.807, 2.05) is 13.1 Å². The zero-order valence-corrected chi connectivity index (χ0v) is 9.73. The number of nitrogens with zero attached hydrogens (tertiary/aromatic N) is 1. The smallest absolute Gasteiger partial charge is 0.0897 e. The van der Waals surface area contributed by atoms with Crippen molar-refractivity contribution in [2.24, 2.45) is 5.73 Å². The van der Waals surface area contributed by atoms with E-state index < -0.39 is 0 Å². The van der Waals surface area contributed by atoms with Crippen LogP contribution in [0, 0.1) is 6.92 Å². The lowest BCUT2D eigenvalue weighted by Crippen LogP contribution is -2.33. The van der Waals surface area contributed by atoms with Gasteiger partial charge in [-0.25, -0.2) is 4.98 Å². The van der Waals surface area contributed by atoms with E-state index in [0.717, 1.165) is 30.9 Å². The van der Waals surface area contributed by atoms with E-state index in [4.69, 9.17) is 5.73 Å². The molecule has 0 bridgehead atoms. The lowest BCUT2D eigenvalue weighted by atomic mass is 10.2. The first-order chi connectivity index (χ1) is 6.72. The van der Waals surface area contributed by atoms with Crippen molar-refractivity contribution in [1.29, 1.82) is 0 Å². The summed E-state index contributed by atoms with van der Waals surface area (Å²) in [6, 6.07) is 0.286. The Morgan fingerprint density at radius 2 is 2.43 bits per heavy atom. The van der Waals surface area contributed by atoms with Gasteiger partial charge in [-0.2, -0.15) is 0 Å². The summed E-state index contributed by atoms with van der Waals surface area (Å²) in [7, 11) is 0. The van der Waals surface area contributed by atoms with E-state index >= 15 is 0 Å². The van der Waals surface area contributed by atoms with Crippen molar-refractivity contribution >= 4 is 11.3 Å². The van der Waals surface area contributed by atoms with Crippen molar-refractivity contribution in [3.05, 3.63) is 16.1 Å². The highest BCUT2D eigenvalue weighted by atomic mass is 32.1. The molecule has 0 aliphatic rings. The van der Waals surface area contributed by atoms with Crippen LogP contribution in [0.5, 0.6) is 0 Å². The van der Waals surface area contributed by atoms with Crippen LogP contribution in [0.3, 0.4) is 0 Å². The Morgan fingerprint density at radius 3 is 3.00 bits per heavy atom. The molecule has 80 valence electrons. The third kappa shape index (κ3) is 4.17. The Morgan fingerprint density at radius 1 is 1.64 bits per heavy atom. The number of aromatic nitrogens is 1. The third-order valence-electron chi connectivity index (χ3n) is 2.03. The largest absolute Gasteiger partial charge is 0.327 e. The predicted molar refractivity (Wildman–Crippen MR) is 61.4 cm³/mol. The summed E-state index contributed by atoms with van der Waals surface area (Å²) in [5.74, 6) is 0. The molecule has 0 aromatic carbocycles. The number of rotatable bonds is 6. The average molecular weight is 213 g/mol. The van der Waals surface area contributed by atoms with Gasteiger partial charge in [0.2, 0.25) is 0 Å². The molecular formula is C10H19N3S. The summed E-state index contributed by atoms with van der Waals surface area (Å²) in [5, 5.41) is 4.47. The van der Waals surface area contributed by atoms with Crippen LogP contribution in [-0.2, 0) is 6.54 Å². The SMILES string of the molecule is CCCC(N)CNCc1cnc(C)s1. The van der Waals surface area contributed by atoms with Crippen molar-refractivity contribution in [2.75, 3.05) is 6.54 Å². The van der Waals surface area contributed by atoms with E-state index in [-0.39, 0.29) is 6.04 Å². The molecule has 0 radical (unpaired) electrons. The number of thiazole rings is 1. The highest BCUT2D eigenvalue weighted by molar-refractivity contribution is 7.11. The Balaban J connectivity index is 2.15. The summed E-state index contributed by atoms with van der Waals surface area (Å²) in [6.45, 7) is 5.97. The second-order valence-corrected chi connectivity index (χ2v) is 4.84. The molecule has 3 N–H and O–H groups in total. The van der Waals surface area contributed by atoms with Crippen LogP contribution in [0.15, 0.2) is 6.20 Å². The van der Waals surface area contributed by atoms with Gasteiger partial charge in [0.15, 0.2) is 0 Å². The van der Waals surface area contributed by atoms with Gasteiger partial charge >= 0.3 is 0 Å². The first-order valence-corrected chi connectivity index (χ1v) is 5.91. The highest BCUT2D eigenvalue weighted by Gasteiger charge is 2.01. The Kier molecular flexibility index (Phi) is 5.07. The zero-order valence-electron chi connectivity index (χ0n) is 8.92. The molecule has 0 saturated carbocycles. The van der Waals surface area contributed by atoms with Gasteiger partial charge in [0.25, 0.3) is 0 Å². The van der Waals surface area contributed by atoms with Gasteiger partial charge < -0.3 is 11.1 Å². The molecule has 1 heterocycles. The fourth-order valence-corrected chi connectivity index (χ4v) is 2.11. The fraction of sp³-hybridized carbons (Fsp3) is 0.700. The van der Waals surface area contributed by atoms with Gasteiger partial charge in [-0.1, -0.05) is 13.3 Å². The number of hydrogen-bond donors (Lipinski definition) is 2. The molecular weight excluding hydrogens is 194 g/mol. The molecule has 0 saturated heterocycles. The van der Waals surface area contributed by atoms with Gasteiger partial charge in [0.05, 0.1) is 5.01 Å². The minimum absolute atomic E-state index is 0.286. The summed E-state index contributed by atoms with van der Waals surface area (Å²) in [4.78, 5) is 5.48. The van der Waals surface area contributed by atoms with Gasteiger partial charge in [-0.15, -0.1) is 11.3 Å². The van der Waals surface area contributed by atoms with Crippen LogP contribution in [0.25, 0.3) is 0 Å². The fourth-order valence-electron chi connectivity index (χ4n) is 1.34. The van der Waals surface area contributed by atoms with Crippen LogP contribution in [0.2, 0.25) is 0 Å². The van der Waals surface area contributed by atoms with Gasteiger partial charge in [0, 0.05) is 30.2 Å². The molecule has 1 unspecified atom stereocenters. The minimum Gasteiger partial charge on any atom is -0.327 e. The molecule has 0 aliphatic carbocycles. The second-order valence-electron chi connectivity index (χ2n) is 3.53. The molecule has 0 fully saturated rings. The molecule has 1 atom stereocenters. The number of aryl methyl sites for hydroxylation is 1. The molecule has 0 aliphatic heterocycles. The van der Waals surface area contributed by atoms with Gasteiger partial charge in [0.1, 0.15) is 0 Å². The number of nitrogens with one attached hydrogen (secondary N) is 1. The summed E-state index contributed by atoms with van der Waals surface area (Å²) >= 11 is 1.74. The van der Waals surface area contributed by atoms with Crippen molar-refractivity contribution in [3.63, 3.8) is 0 Å². The van der Waals surface area contributed by atoms with Gasteiger partial charge in [-0.3, -0.25) is 0 Å². The van der Waals surface area contributed by atoms with Crippen molar-refractivity contribution in [1.82, 2.24) is 10.3 Å². The van der Waals surface area contributed by atoms with Crippen LogP contribution in [0.1, 0.15) is 29.7 Å².